The van der Waals surface area contributed by atoms with Gasteiger partial charge in [0.15, 0.2) is 0 Å². The van der Waals surface area contributed by atoms with E-state index < -0.39 is 0 Å². The molecular weight excluding hydrogens is 336 g/mol. The van der Waals surface area contributed by atoms with E-state index in [0.717, 1.165) is 38.2 Å². The van der Waals surface area contributed by atoms with Gasteiger partial charge in [0.1, 0.15) is 6.04 Å². The van der Waals surface area contributed by atoms with E-state index in [1.807, 2.05) is 37.3 Å². The van der Waals surface area contributed by atoms with Crippen molar-refractivity contribution in [3.8, 4) is 6.07 Å². The van der Waals surface area contributed by atoms with Gasteiger partial charge in [-0.25, -0.2) is 0 Å². The average Bonchev–Trinajstić information content (AvgIpc) is 2.71. The molecule has 146 valence electrons. The number of carbonyl (C=O) groups excluding carboxylic acids is 1. The molecule has 4 atom stereocenters. The minimum Gasteiger partial charge on any atom is -0.352 e. The van der Waals surface area contributed by atoms with Crippen molar-refractivity contribution >= 4 is 5.91 Å². The van der Waals surface area contributed by atoms with Gasteiger partial charge in [0.25, 0.3) is 0 Å². The van der Waals surface area contributed by atoms with E-state index in [9.17, 15) is 10.1 Å². The highest BCUT2D eigenvalue weighted by atomic mass is 16.2. The summed E-state index contributed by atoms with van der Waals surface area (Å²) in [4.78, 5) is 17.2. The number of hydrogen-bond acceptors (Lipinski definition) is 4. The Morgan fingerprint density at radius 3 is 2.37 bits per heavy atom. The monoisotopic (exact) mass is 368 g/mol. The first kappa shape index (κ1) is 19.9. The van der Waals surface area contributed by atoms with Crippen molar-refractivity contribution in [1.29, 1.82) is 5.26 Å². The first-order valence-electron chi connectivity index (χ1n) is 10.3. The van der Waals surface area contributed by atoms with Crippen LogP contribution in [0.15, 0.2) is 30.3 Å². The molecule has 1 amide bonds. The van der Waals surface area contributed by atoms with Crippen molar-refractivity contribution in [2.45, 2.75) is 57.7 Å². The summed E-state index contributed by atoms with van der Waals surface area (Å²) in [5.74, 6) is 0.732. The van der Waals surface area contributed by atoms with E-state index in [1.165, 1.54) is 19.3 Å². The van der Waals surface area contributed by atoms with Crippen LogP contribution in [0.25, 0.3) is 0 Å². The zero-order valence-electron chi connectivity index (χ0n) is 16.6. The van der Waals surface area contributed by atoms with Gasteiger partial charge in [0.2, 0.25) is 5.91 Å². The predicted molar refractivity (Wildman–Crippen MR) is 107 cm³/mol. The lowest BCUT2D eigenvalue weighted by molar-refractivity contribution is -0.128. The van der Waals surface area contributed by atoms with E-state index in [-0.39, 0.29) is 18.0 Å². The summed E-state index contributed by atoms with van der Waals surface area (Å²) in [5.41, 5.74) is 1.05. The van der Waals surface area contributed by atoms with Crippen LogP contribution < -0.4 is 5.32 Å². The Kier molecular flexibility index (Phi) is 6.87. The molecular formula is C22H32N4O. The van der Waals surface area contributed by atoms with Crippen molar-refractivity contribution in [3.05, 3.63) is 35.9 Å². The number of nitrogens with zero attached hydrogens (tertiary/aromatic N) is 3. The third-order valence-corrected chi connectivity index (χ3v) is 6.32. The molecule has 3 rings (SSSR count). The van der Waals surface area contributed by atoms with E-state index >= 15 is 0 Å². The molecule has 4 unspecified atom stereocenters. The summed E-state index contributed by atoms with van der Waals surface area (Å²) in [6.45, 7) is 7.52. The molecule has 1 heterocycles. The third kappa shape index (κ3) is 4.88. The fourth-order valence-corrected chi connectivity index (χ4v) is 4.39. The SMILES string of the molecule is CC1CCCCC1NC(=O)C(C)N1CCN(C(C#N)c2ccccc2)CC1. The van der Waals surface area contributed by atoms with Crippen molar-refractivity contribution < 1.29 is 4.79 Å². The van der Waals surface area contributed by atoms with Gasteiger partial charge in [-0.05, 0) is 31.2 Å². The summed E-state index contributed by atoms with van der Waals surface area (Å²) in [5, 5.41) is 12.9. The molecule has 1 aromatic rings. The summed E-state index contributed by atoms with van der Waals surface area (Å²) in [6, 6.07) is 12.4. The van der Waals surface area contributed by atoms with E-state index in [4.69, 9.17) is 0 Å². The smallest absolute Gasteiger partial charge is 0.237 e. The molecule has 1 aliphatic heterocycles. The summed E-state index contributed by atoms with van der Waals surface area (Å²) in [7, 11) is 0. The number of amides is 1. The van der Waals surface area contributed by atoms with Crippen molar-refractivity contribution in [3.63, 3.8) is 0 Å². The lowest BCUT2D eigenvalue weighted by Crippen LogP contribution is -2.56. The molecule has 5 nitrogen and oxygen atoms in total. The standard InChI is InChI=1S/C22H32N4O/c1-17-8-6-7-11-20(17)24-22(27)18(2)25-12-14-26(15-13-25)21(16-23)19-9-4-3-5-10-19/h3-5,9-10,17-18,20-21H,6-8,11-15H2,1-2H3,(H,24,27). The van der Waals surface area contributed by atoms with Crippen molar-refractivity contribution in [2.24, 2.45) is 5.92 Å². The molecule has 1 N–H and O–H groups in total. The molecule has 5 heteroatoms. The number of piperazine rings is 1. The topological polar surface area (TPSA) is 59.4 Å². The second-order valence-corrected chi connectivity index (χ2v) is 8.07. The fourth-order valence-electron chi connectivity index (χ4n) is 4.39. The Morgan fingerprint density at radius 2 is 1.74 bits per heavy atom. The second-order valence-electron chi connectivity index (χ2n) is 8.07. The Bertz CT molecular complexity index is 648. The zero-order chi connectivity index (χ0) is 19.2. The minimum absolute atomic E-state index is 0.112. The Morgan fingerprint density at radius 1 is 1.11 bits per heavy atom. The quantitative estimate of drug-likeness (QED) is 0.868. The molecule has 27 heavy (non-hydrogen) atoms. The second kappa shape index (κ2) is 9.34. The van der Waals surface area contributed by atoms with E-state index in [0.29, 0.717) is 12.0 Å². The highest BCUT2D eigenvalue weighted by Crippen LogP contribution is 2.24. The average molecular weight is 369 g/mol. The van der Waals surface area contributed by atoms with Gasteiger partial charge in [-0.1, -0.05) is 50.1 Å². The molecule has 2 aliphatic rings. The van der Waals surface area contributed by atoms with E-state index in [1.54, 1.807) is 0 Å². The van der Waals surface area contributed by atoms with Crippen LogP contribution in [0.3, 0.4) is 0 Å². The Labute approximate surface area is 163 Å². The van der Waals surface area contributed by atoms with Crippen LogP contribution in [-0.2, 0) is 4.79 Å². The predicted octanol–water partition coefficient (Wildman–Crippen LogP) is 2.95. The summed E-state index contributed by atoms with van der Waals surface area (Å²) >= 11 is 0. The van der Waals surface area contributed by atoms with Crippen molar-refractivity contribution in [1.82, 2.24) is 15.1 Å². The molecule has 0 bridgehead atoms. The van der Waals surface area contributed by atoms with Crippen LogP contribution in [0.4, 0.5) is 0 Å². The zero-order valence-corrected chi connectivity index (χ0v) is 16.6. The molecule has 0 spiro atoms. The van der Waals surface area contributed by atoms with E-state index in [2.05, 4.69) is 28.1 Å². The maximum absolute atomic E-state index is 12.7. The molecule has 1 aromatic carbocycles. The maximum Gasteiger partial charge on any atom is 0.237 e. The third-order valence-electron chi connectivity index (χ3n) is 6.32. The molecule has 1 saturated heterocycles. The number of nitriles is 1. The van der Waals surface area contributed by atoms with Crippen molar-refractivity contribution in [2.75, 3.05) is 26.2 Å². The number of nitrogens with one attached hydrogen (secondary N) is 1. The van der Waals surface area contributed by atoms with Crippen LogP contribution in [0.2, 0.25) is 0 Å². The largest absolute Gasteiger partial charge is 0.352 e. The highest BCUT2D eigenvalue weighted by Gasteiger charge is 2.31. The maximum atomic E-state index is 12.7. The Hall–Kier alpha value is -1.90. The van der Waals surface area contributed by atoms with Crippen LogP contribution in [0.5, 0.6) is 0 Å². The van der Waals surface area contributed by atoms with Gasteiger partial charge >= 0.3 is 0 Å². The number of hydrogen-bond donors (Lipinski definition) is 1. The molecule has 1 aliphatic carbocycles. The first-order chi connectivity index (χ1) is 13.1. The number of carbonyl (C=O) groups is 1. The number of rotatable bonds is 5. The lowest BCUT2D eigenvalue weighted by Gasteiger charge is -2.40. The summed E-state index contributed by atoms with van der Waals surface area (Å²) < 4.78 is 0. The van der Waals surface area contributed by atoms with Gasteiger partial charge in [-0.3, -0.25) is 14.6 Å². The first-order valence-corrected chi connectivity index (χ1v) is 10.3. The normalized spacial score (nSPS) is 26.7. The van der Waals surface area contributed by atoms with Gasteiger partial charge in [-0.2, -0.15) is 5.26 Å². The van der Waals surface area contributed by atoms with Crippen LogP contribution in [0.1, 0.15) is 51.1 Å². The van der Waals surface area contributed by atoms with Crippen LogP contribution >= 0.6 is 0 Å². The van der Waals surface area contributed by atoms with Gasteiger partial charge < -0.3 is 5.32 Å². The number of benzene rings is 1. The van der Waals surface area contributed by atoms with Crippen LogP contribution in [-0.4, -0.2) is 54.0 Å². The highest BCUT2D eigenvalue weighted by molar-refractivity contribution is 5.81. The van der Waals surface area contributed by atoms with Gasteiger partial charge in [-0.15, -0.1) is 0 Å². The van der Waals surface area contributed by atoms with Gasteiger partial charge in [0.05, 0.1) is 12.1 Å². The van der Waals surface area contributed by atoms with Gasteiger partial charge in [0, 0.05) is 32.2 Å². The fraction of sp³-hybridized carbons (Fsp3) is 0.636. The molecule has 1 saturated carbocycles. The summed E-state index contributed by atoms with van der Waals surface area (Å²) in [6.07, 6.45) is 4.82. The lowest BCUT2D eigenvalue weighted by atomic mass is 9.86. The van der Waals surface area contributed by atoms with Crippen LogP contribution in [0, 0.1) is 17.2 Å². The molecule has 0 aromatic heterocycles. The Balaban J connectivity index is 1.52. The minimum atomic E-state index is -0.208. The molecule has 0 radical (unpaired) electrons. The molecule has 2 fully saturated rings.